The molecule has 1 heterocycles. The molecule has 100 valence electrons. The number of alkyl halides is 2. The van der Waals surface area contributed by atoms with Crippen LogP contribution in [-0.4, -0.2) is 39.2 Å². The number of halogens is 3. The molecule has 0 unspecified atom stereocenters. The van der Waals surface area contributed by atoms with Crippen molar-refractivity contribution in [1.29, 1.82) is 0 Å². The van der Waals surface area contributed by atoms with E-state index in [0.29, 0.717) is 5.69 Å². The van der Waals surface area contributed by atoms with Crippen molar-refractivity contribution in [3.05, 3.63) is 24.0 Å². The Hall–Kier alpha value is -1.43. The number of nitrogens with one attached hydrogen (secondary N) is 1. The first kappa shape index (κ1) is 13.0. The molecule has 0 saturated carbocycles. The van der Waals surface area contributed by atoms with E-state index in [-0.39, 0.29) is 5.75 Å². The van der Waals surface area contributed by atoms with Crippen molar-refractivity contribution in [2.24, 2.45) is 0 Å². The van der Waals surface area contributed by atoms with Crippen molar-refractivity contribution in [2.45, 2.75) is 6.43 Å². The minimum absolute atomic E-state index is 0.131. The third-order valence-corrected chi connectivity index (χ3v) is 2.75. The first-order chi connectivity index (χ1) is 8.66. The summed E-state index contributed by atoms with van der Waals surface area (Å²) in [6, 6.07) is 4.24. The maximum Gasteiger partial charge on any atom is 0.272 e. The normalized spacial score (nSPS) is 16.1. The van der Waals surface area contributed by atoms with Gasteiger partial charge in [0, 0.05) is 32.2 Å². The van der Waals surface area contributed by atoms with E-state index in [0.717, 1.165) is 32.2 Å². The van der Waals surface area contributed by atoms with Crippen LogP contribution in [-0.2, 0) is 0 Å². The molecule has 0 aromatic heterocycles. The van der Waals surface area contributed by atoms with E-state index in [9.17, 15) is 13.2 Å². The summed E-state index contributed by atoms with van der Waals surface area (Å²) in [6.07, 6.45) is -2.55. The first-order valence-corrected chi connectivity index (χ1v) is 5.83. The number of ether oxygens (including phenoxy) is 1. The standard InChI is InChI=1S/C12H15F3N2O/c13-10-7-9(18-8-12(14)15)1-2-11(10)17-5-3-16-4-6-17/h1-2,7,12,16H,3-6,8H2. The SMILES string of the molecule is Fc1cc(OCC(F)F)ccc1N1CCNCC1. The van der Waals surface area contributed by atoms with Crippen molar-refractivity contribution in [2.75, 3.05) is 37.7 Å². The summed E-state index contributed by atoms with van der Waals surface area (Å²) in [5, 5.41) is 3.18. The molecule has 0 amide bonds. The van der Waals surface area contributed by atoms with Crippen LogP contribution in [0.2, 0.25) is 0 Å². The van der Waals surface area contributed by atoms with Crippen LogP contribution in [0.25, 0.3) is 0 Å². The highest BCUT2D eigenvalue weighted by atomic mass is 19.3. The van der Waals surface area contributed by atoms with E-state index in [2.05, 4.69) is 5.32 Å². The summed E-state index contributed by atoms with van der Waals surface area (Å²) in [4.78, 5) is 1.92. The smallest absolute Gasteiger partial charge is 0.272 e. The lowest BCUT2D eigenvalue weighted by atomic mass is 10.2. The zero-order valence-corrected chi connectivity index (χ0v) is 9.83. The van der Waals surface area contributed by atoms with Gasteiger partial charge in [0.05, 0.1) is 5.69 Å². The molecule has 2 rings (SSSR count). The third-order valence-electron chi connectivity index (χ3n) is 2.75. The highest BCUT2D eigenvalue weighted by Gasteiger charge is 2.15. The second-order valence-electron chi connectivity index (χ2n) is 4.05. The Morgan fingerprint density at radius 3 is 2.61 bits per heavy atom. The maximum atomic E-state index is 13.8. The second-order valence-corrected chi connectivity index (χ2v) is 4.05. The molecule has 0 bridgehead atoms. The quantitative estimate of drug-likeness (QED) is 0.894. The van der Waals surface area contributed by atoms with Gasteiger partial charge in [-0.05, 0) is 12.1 Å². The van der Waals surface area contributed by atoms with Crippen molar-refractivity contribution in [1.82, 2.24) is 5.32 Å². The minimum atomic E-state index is -2.55. The number of hydrogen-bond donors (Lipinski definition) is 1. The fourth-order valence-electron chi connectivity index (χ4n) is 1.90. The van der Waals surface area contributed by atoms with Crippen LogP contribution in [0.5, 0.6) is 5.75 Å². The predicted molar refractivity (Wildman–Crippen MR) is 63.0 cm³/mol. The van der Waals surface area contributed by atoms with Gasteiger partial charge >= 0.3 is 0 Å². The summed E-state index contributed by atoms with van der Waals surface area (Å²) in [5.41, 5.74) is 0.487. The second kappa shape index (κ2) is 5.95. The lowest BCUT2D eigenvalue weighted by Crippen LogP contribution is -2.43. The van der Waals surface area contributed by atoms with Gasteiger partial charge in [-0.25, -0.2) is 13.2 Å². The van der Waals surface area contributed by atoms with Crippen molar-refractivity contribution in [3.63, 3.8) is 0 Å². The van der Waals surface area contributed by atoms with Gasteiger partial charge in [0.15, 0.2) is 0 Å². The Labute approximate surface area is 104 Å². The van der Waals surface area contributed by atoms with Crippen LogP contribution in [0.15, 0.2) is 18.2 Å². The van der Waals surface area contributed by atoms with Crippen LogP contribution < -0.4 is 15.0 Å². The molecule has 1 aromatic carbocycles. The Kier molecular flexibility index (Phi) is 4.30. The molecular weight excluding hydrogens is 245 g/mol. The van der Waals surface area contributed by atoms with Crippen LogP contribution in [0, 0.1) is 5.82 Å². The number of hydrogen-bond acceptors (Lipinski definition) is 3. The fourth-order valence-corrected chi connectivity index (χ4v) is 1.90. The lowest BCUT2D eigenvalue weighted by molar-refractivity contribution is 0.0817. The number of rotatable bonds is 4. The molecule has 0 spiro atoms. The molecule has 6 heteroatoms. The van der Waals surface area contributed by atoms with E-state index in [4.69, 9.17) is 4.74 Å². The molecular formula is C12H15F3N2O. The van der Waals surface area contributed by atoms with Gasteiger partial charge in [0.1, 0.15) is 18.2 Å². The highest BCUT2D eigenvalue weighted by molar-refractivity contribution is 5.51. The van der Waals surface area contributed by atoms with Crippen LogP contribution in [0.3, 0.4) is 0 Å². The Morgan fingerprint density at radius 1 is 1.28 bits per heavy atom. The molecule has 1 aromatic rings. The number of benzene rings is 1. The van der Waals surface area contributed by atoms with E-state index in [1.165, 1.54) is 6.07 Å². The van der Waals surface area contributed by atoms with Gasteiger partial charge in [-0.1, -0.05) is 0 Å². The van der Waals surface area contributed by atoms with Crippen molar-refractivity contribution >= 4 is 5.69 Å². The molecule has 1 aliphatic heterocycles. The minimum Gasteiger partial charge on any atom is -0.488 e. The first-order valence-electron chi connectivity index (χ1n) is 5.83. The molecule has 0 radical (unpaired) electrons. The molecule has 0 atom stereocenters. The Morgan fingerprint density at radius 2 is 2.00 bits per heavy atom. The van der Waals surface area contributed by atoms with E-state index < -0.39 is 18.8 Å². The number of nitrogens with zero attached hydrogens (tertiary/aromatic N) is 1. The molecule has 18 heavy (non-hydrogen) atoms. The molecule has 0 aliphatic carbocycles. The van der Waals surface area contributed by atoms with Gasteiger partial charge in [0.25, 0.3) is 6.43 Å². The summed E-state index contributed by atoms with van der Waals surface area (Å²) >= 11 is 0. The number of anilines is 1. The zero-order valence-electron chi connectivity index (χ0n) is 9.83. The zero-order chi connectivity index (χ0) is 13.0. The van der Waals surface area contributed by atoms with Crippen LogP contribution >= 0.6 is 0 Å². The van der Waals surface area contributed by atoms with Crippen molar-refractivity contribution < 1.29 is 17.9 Å². The molecule has 1 N–H and O–H groups in total. The summed E-state index contributed by atoms with van der Waals surface area (Å²) in [5.74, 6) is -0.310. The monoisotopic (exact) mass is 260 g/mol. The van der Waals surface area contributed by atoms with Gasteiger partial charge < -0.3 is 15.0 Å². The lowest BCUT2D eigenvalue weighted by Gasteiger charge is -2.29. The fraction of sp³-hybridized carbons (Fsp3) is 0.500. The van der Waals surface area contributed by atoms with E-state index in [1.54, 1.807) is 6.07 Å². The van der Waals surface area contributed by atoms with Gasteiger partial charge in [0.2, 0.25) is 0 Å². The Balaban J connectivity index is 2.04. The summed E-state index contributed by atoms with van der Waals surface area (Å²) in [6.45, 7) is 2.36. The average molecular weight is 260 g/mol. The van der Waals surface area contributed by atoms with Crippen LogP contribution in [0.4, 0.5) is 18.9 Å². The molecule has 3 nitrogen and oxygen atoms in total. The average Bonchev–Trinajstić information content (AvgIpc) is 2.37. The van der Waals surface area contributed by atoms with Gasteiger partial charge in [-0.15, -0.1) is 0 Å². The third kappa shape index (κ3) is 3.29. The van der Waals surface area contributed by atoms with Crippen LogP contribution in [0.1, 0.15) is 0 Å². The van der Waals surface area contributed by atoms with E-state index >= 15 is 0 Å². The van der Waals surface area contributed by atoms with Gasteiger partial charge in [-0.2, -0.15) is 0 Å². The van der Waals surface area contributed by atoms with E-state index in [1.807, 2.05) is 4.90 Å². The molecule has 1 saturated heterocycles. The topological polar surface area (TPSA) is 24.5 Å². The number of piperazine rings is 1. The molecule has 1 fully saturated rings. The Bertz CT molecular complexity index is 395. The summed E-state index contributed by atoms with van der Waals surface area (Å²) < 4.78 is 42.5. The molecule has 1 aliphatic rings. The largest absolute Gasteiger partial charge is 0.488 e. The predicted octanol–water partition coefficient (Wildman–Crippen LogP) is 1.88. The highest BCUT2D eigenvalue weighted by Crippen LogP contribution is 2.24. The van der Waals surface area contributed by atoms with Gasteiger partial charge in [-0.3, -0.25) is 0 Å². The summed E-state index contributed by atoms with van der Waals surface area (Å²) in [7, 11) is 0. The van der Waals surface area contributed by atoms with Crippen molar-refractivity contribution in [3.8, 4) is 5.75 Å². The maximum absolute atomic E-state index is 13.8.